The molecule has 1 fully saturated rings. The van der Waals surface area contributed by atoms with Crippen molar-refractivity contribution in [2.24, 2.45) is 0 Å². The van der Waals surface area contributed by atoms with Gasteiger partial charge in [-0.05, 0) is 41.6 Å². The van der Waals surface area contributed by atoms with E-state index >= 15 is 0 Å². The van der Waals surface area contributed by atoms with Crippen LogP contribution in [0.1, 0.15) is 16.7 Å². The summed E-state index contributed by atoms with van der Waals surface area (Å²) in [4.78, 5) is 20.9. The fraction of sp³-hybridized carbons (Fsp3) is 0.480. The molecule has 2 aromatic rings. The Bertz CT molecular complexity index is 898. The van der Waals surface area contributed by atoms with Crippen molar-refractivity contribution in [3.8, 4) is 5.75 Å². The van der Waals surface area contributed by atoms with Crippen molar-refractivity contribution < 1.29 is 14.6 Å². The molecule has 32 heavy (non-hydrogen) atoms. The molecule has 7 heteroatoms. The van der Waals surface area contributed by atoms with Crippen LogP contribution in [0.4, 0.5) is 0 Å². The molecule has 172 valence electrons. The zero-order valence-corrected chi connectivity index (χ0v) is 19.6. The molecule has 0 aliphatic carbocycles. The fourth-order valence-corrected chi connectivity index (χ4v) is 4.77. The highest BCUT2D eigenvalue weighted by Gasteiger charge is 2.21. The maximum absolute atomic E-state index is 13.0. The molecule has 2 aliphatic heterocycles. The summed E-state index contributed by atoms with van der Waals surface area (Å²) in [6.45, 7) is 7.61. The lowest BCUT2D eigenvalue weighted by Gasteiger charge is -2.34. The molecule has 2 aliphatic rings. The molecule has 1 amide bonds. The summed E-state index contributed by atoms with van der Waals surface area (Å²) in [5.41, 5.74) is 3.39. The third-order valence-electron chi connectivity index (χ3n) is 6.26. The number of thioether (sulfide) groups is 1. The van der Waals surface area contributed by atoms with Crippen molar-refractivity contribution >= 4 is 17.7 Å². The minimum Gasteiger partial charge on any atom is -0.491 e. The van der Waals surface area contributed by atoms with Gasteiger partial charge >= 0.3 is 0 Å². The van der Waals surface area contributed by atoms with Crippen molar-refractivity contribution in [2.75, 3.05) is 58.7 Å². The SMILES string of the molecule is CSc1ccc(CC(=O)N2CCOc3ccc(CN4CCN(CCO)CC4)cc3C2)cc1. The van der Waals surface area contributed by atoms with E-state index in [4.69, 9.17) is 9.84 Å². The fourth-order valence-electron chi connectivity index (χ4n) is 4.36. The van der Waals surface area contributed by atoms with E-state index in [1.54, 1.807) is 11.8 Å². The van der Waals surface area contributed by atoms with Gasteiger partial charge in [0.1, 0.15) is 12.4 Å². The summed E-state index contributed by atoms with van der Waals surface area (Å²) in [6, 6.07) is 14.6. The van der Waals surface area contributed by atoms with Gasteiger partial charge in [-0.1, -0.05) is 18.2 Å². The molecule has 2 heterocycles. The lowest BCUT2D eigenvalue weighted by atomic mass is 10.1. The number of nitrogens with zero attached hydrogens (tertiary/aromatic N) is 3. The summed E-state index contributed by atoms with van der Waals surface area (Å²) >= 11 is 1.71. The molecule has 0 saturated carbocycles. The predicted molar refractivity (Wildman–Crippen MR) is 128 cm³/mol. The summed E-state index contributed by atoms with van der Waals surface area (Å²) in [7, 11) is 0. The quantitative estimate of drug-likeness (QED) is 0.648. The zero-order valence-electron chi connectivity index (χ0n) is 18.8. The maximum Gasteiger partial charge on any atom is 0.227 e. The number of carbonyl (C=O) groups excluding carboxylic acids is 1. The third-order valence-corrected chi connectivity index (χ3v) is 7.00. The van der Waals surface area contributed by atoms with Gasteiger partial charge in [0.25, 0.3) is 0 Å². The molecule has 0 atom stereocenters. The van der Waals surface area contributed by atoms with Gasteiger partial charge in [0, 0.05) is 56.3 Å². The molecule has 0 bridgehead atoms. The Morgan fingerprint density at radius 2 is 1.72 bits per heavy atom. The summed E-state index contributed by atoms with van der Waals surface area (Å²) in [6.07, 6.45) is 2.47. The average molecular weight is 456 g/mol. The number of carbonyl (C=O) groups is 1. The van der Waals surface area contributed by atoms with Crippen molar-refractivity contribution in [3.05, 3.63) is 59.2 Å². The van der Waals surface area contributed by atoms with E-state index in [0.29, 0.717) is 26.1 Å². The second kappa shape index (κ2) is 11.2. The Kier molecular flexibility index (Phi) is 8.08. The molecule has 1 saturated heterocycles. The highest BCUT2D eigenvalue weighted by Crippen LogP contribution is 2.26. The number of β-amino-alcohol motifs (C(OH)–C–C–N with tert-alkyl or cyclic N) is 1. The van der Waals surface area contributed by atoms with Crippen molar-refractivity contribution in [3.63, 3.8) is 0 Å². The smallest absolute Gasteiger partial charge is 0.227 e. The number of piperazine rings is 1. The normalized spacial score (nSPS) is 17.5. The molecule has 1 N–H and O–H groups in total. The molecular formula is C25H33N3O3S. The Hall–Kier alpha value is -2.06. The van der Waals surface area contributed by atoms with E-state index < -0.39 is 0 Å². The monoisotopic (exact) mass is 455 g/mol. The van der Waals surface area contributed by atoms with Gasteiger partial charge in [0.2, 0.25) is 5.91 Å². The number of hydrogen-bond acceptors (Lipinski definition) is 6. The van der Waals surface area contributed by atoms with Crippen LogP contribution >= 0.6 is 11.8 Å². The lowest BCUT2D eigenvalue weighted by Crippen LogP contribution is -2.46. The van der Waals surface area contributed by atoms with Gasteiger partial charge in [-0.15, -0.1) is 11.8 Å². The number of benzene rings is 2. The first kappa shape index (κ1) is 23.1. The van der Waals surface area contributed by atoms with E-state index in [2.05, 4.69) is 46.4 Å². The van der Waals surface area contributed by atoms with Crippen molar-refractivity contribution in [2.45, 2.75) is 24.4 Å². The van der Waals surface area contributed by atoms with E-state index in [0.717, 1.165) is 56.1 Å². The first-order chi connectivity index (χ1) is 15.6. The van der Waals surface area contributed by atoms with E-state index in [1.807, 2.05) is 17.0 Å². The van der Waals surface area contributed by atoms with Crippen LogP contribution in [0.15, 0.2) is 47.4 Å². The highest BCUT2D eigenvalue weighted by molar-refractivity contribution is 7.98. The van der Waals surface area contributed by atoms with Crippen LogP contribution in [0.2, 0.25) is 0 Å². The Balaban J connectivity index is 1.37. The van der Waals surface area contributed by atoms with Gasteiger partial charge in [-0.3, -0.25) is 14.6 Å². The number of hydrogen-bond donors (Lipinski definition) is 1. The predicted octanol–water partition coefficient (Wildman–Crippen LogP) is 2.48. The number of ether oxygens (including phenoxy) is 1. The maximum atomic E-state index is 13.0. The average Bonchev–Trinajstić information content (AvgIpc) is 3.03. The van der Waals surface area contributed by atoms with Crippen LogP contribution in [-0.4, -0.2) is 84.5 Å². The summed E-state index contributed by atoms with van der Waals surface area (Å²) in [5.74, 6) is 1.03. The van der Waals surface area contributed by atoms with Gasteiger partial charge in [0.05, 0.1) is 19.6 Å². The molecule has 6 nitrogen and oxygen atoms in total. The number of amides is 1. The number of rotatable bonds is 7. The van der Waals surface area contributed by atoms with Crippen LogP contribution < -0.4 is 4.74 Å². The van der Waals surface area contributed by atoms with Crippen LogP contribution in [-0.2, 0) is 24.3 Å². The second-order valence-electron chi connectivity index (χ2n) is 8.47. The molecular weight excluding hydrogens is 422 g/mol. The summed E-state index contributed by atoms with van der Waals surface area (Å²) in [5, 5.41) is 9.12. The number of aliphatic hydroxyl groups is 1. The van der Waals surface area contributed by atoms with Gasteiger partial charge in [0.15, 0.2) is 0 Å². The first-order valence-corrected chi connectivity index (χ1v) is 12.6. The van der Waals surface area contributed by atoms with Gasteiger partial charge in [-0.2, -0.15) is 0 Å². The molecule has 0 unspecified atom stereocenters. The van der Waals surface area contributed by atoms with Gasteiger partial charge in [-0.25, -0.2) is 0 Å². The first-order valence-electron chi connectivity index (χ1n) is 11.4. The van der Waals surface area contributed by atoms with Crippen LogP contribution in [0.25, 0.3) is 0 Å². The van der Waals surface area contributed by atoms with E-state index in [9.17, 15) is 4.79 Å². The Labute approximate surface area is 195 Å². The Morgan fingerprint density at radius 1 is 1.00 bits per heavy atom. The minimum absolute atomic E-state index is 0.142. The van der Waals surface area contributed by atoms with E-state index in [1.165, 1.54) is 10.5 Å². The lowest BCUT2D eigenvalue weighted by molar-refractivity contribution is -0.131. The zero-order chi connectivity index (χ0) is 22.3. The number of aliphatic hydroxyl groups excluding tert-OH is 1. The molecule has 2 aromatic carbocycles. The van der Waals surface area contributed by atoms with Crippen LogP contribution in [0, 0.1) is 0 Å². The number of fused-ring (bicyclic) bond motifs is 1. The molecule has 4 rings (SSSR count). The third kappa shape index (κ3) is 6.04. The largest absolute Gasteiger partial charge is 0.491 e. The topological polar surface area (TPSA) is 56.2 Å². The van der Waals surface area contributed by atoms with Gasteiger partial charge < -0.3 is 14.7 Å². The summed E-state index contributed by atoms with van der Waals surface area (Å²) < 4.78 is 5.95. The van der Waals surface area contributed by atoms with Crippen LogP contribution in [0.5, 0.6) is 5.75 Å². The van der Waals surface area contributed by atoms with Crippen molar-refractivity contribution in [1.82, 2.24) is 14.7 Å². The molecule has 0 aromatic heterocycles. The Morgan fingerprint density at radius 3 is 2.44 bits per heavy atom. The second-order valence-corrected chi connectivity index (χ2v) is 9.35. The van der Waals surface area contributed by atoms with E-state index in [-0.39, 0.29) is 12.5 Å². The standard InChI is InChI=1S/C25H33N3O3S/c1-32-23-5-2-20(3-6-23)17-25(30)28-13-15-31-24-7-4-21(16-22(24)19-28)18-27-10-8-26(9-11-27)12-14-29/h2-7,16,29H,8-15,17-19H2,1H3. The molecule has 0 radical (unpaired) electrons. The van der Waals surface area contributed by atoms with Crippen molar-refractivity contribution in [1.29, 1.82) is 0 Å². The molecule has 0 spiro atoms. The van der Waals surface area contributed by atoms with Crippen LogP contribution in [0.3, 0.4) is 0 Å². The highest BCUT2D eigenvalue weighted by atomic mass is 32.2. The minimum atomic E-state index is 0.142.